The van der Waals surface area contributed by atoms with E-state index in [0.29, 0.717) is 37.3 Å². The molecule has 2 amide bonds. The summed E-state index contributed by atoms with van der Waals surface area (Å²) in [7, 11) is -4.28. The molecule has 2 aliphatic heterocycles. The van der Waals surface area contributed by atoms with Crippen molar-refractivity contribution in [1.29, 1.82) is 0 Å². The summed E-state index contributed by atoms with van der Waals surface area (Å²) in [5.74, 6) is -1.45. The van der Waals surface area contributed by atoms with Gasteiger partial charge < -0.3 is 15.0 Å². The van der Waals surface area contributed by atoms with Gasteiger partial charge in [0.1, 0.15) is 11.4 Å². The Morgan fingerprint density at radius 2 is 1.59 bits per heavy atom. The Bertz CT molecular complexity index is 1190. The molecule has 2 aliphatic rings. The van der Waals surface area contributed by atoms with Crippen LogP contribution >= 0.6 is 0 Å². The largest absolute Gasteiger partial charge is 0.381 e. The van der Waals surface area contributed by atoms with Crippen LogP contribution in [-0.4, -0.2) is 86.1 Å². The molecule has 2 heterocycles. The molecule has 0 unspecified atom stereocenters. The van der Waals surface area contributed by atoms with Crippen LogP contribution < -0.4 is 10.8 Å². The number of nitrogens with one attached hydrogen (secondary N) is 2. The predicted molar refractivity (Wildman–Crippen MR) is 133 cm³/mol. The molecule has 0 saturated carbocycles. The number of piperazine rings is 1. The quantitative estimate of drug-likeness (QED) is 0.345. The lowest BCUT2D eigenvalue weighted by Crippen LogP contribution is -2.63. The van der Waals surface area contributed by atoms with Gasteiger partial charge in [0.05, 0.1) is 4.90 Å². The van der Waals surface area contributed by atoms with E-state index in [9.17, 15) is 27.6 Å². The van der Waals surface area contributed by atoms with Crippen molar-refractivity contribution in [2.75, 3.05) is 45.9 Å². The number of nitrogens with zero attached hydrogens (tertiary/aromatic N) is 2. The van der Waals surface area contributed by atoms with E-state index in [-0.39, 0.29) is 55.6 Å². The molecule has 10 nitrogen and oxygen atoms in total. The summed E-state index contributed by atoms with van der Waals surface area (Å²) >= 11 is 0. The fraction of sp³-hybridized carbons (Fsp3) is 0.440. The van der Waals surface area contributed by atoms with Crippen LogP contribution in [0.4, 0.5) is 4.39 Å². The molecular weight excluding hydrogens is 503 g/mol. The van der Waals surface area contributed by atoms with Gasteiger partial charge in [-0.05, 0) is 48.2 Å². The van der Waals surface area contributed by atoms with Gasteiger partial charge in [0.15, 0.2) is 0 Å². The highest BCUT2D eigenvalue weighted by molar-refractivity contribution is 7.89. The Kier molecular flexibility index (Phi) is 8.55. The van der Waals surface area contributed by atoms with Crippen LogP contribution in [0.1, 0.15) is 19.3 Å². The maximum absolute atomic E-state index is 14.0. The Morgan fingerprint density at radius 1 is 1.03 bits per heavy atom. The molecule has 2 aromatic rings. The van der Waals surface area contributed by atoms with E-state index in [2.05, 4.69) is 5.32 Å². The Labute approximate surface area is 215 Å². The molecule has 200 valence electrons. The molecule has 0 spiro atoms. The number of amides is 2. The average molecular weight is 535 g/mol. The van der Waals surface area contributed by atoms with Gasteiger partial charge >= 0.3 is 0 Å². The molecule has 12 heteroatoms. The van der Waals surface area contributed by atoms with E-state index in [0.717, 1.165) is 4.31 Å². The number of rotatable bonds is 8. The Balaban J connectivity index is 1.66. The molecule has 0 bridgehead atoms. The van der Waals surface area contributed by atoms with Gasteiger partial charge in [-0.3, -0.25) is 14.8 Å². The summed E-state index contributed by atoms with van der Waals surface area (Å²) in [6.45, 7) is 2.35. The first kappa shape index (κ1) is 27.1. The van der Waals surface area contributed by atoms with Crippen molar-refractivity contribution >= 4 is 21.8 Å². The van der Waals surface area contributed by atoms with Gasteiger partial charge in [0.2, 0.25) is 15.9 Å². The highest BCUT2D eigenvalue weighted by Crippen LogP contribution is 2.34. The highest BCUT2D eigenvalue weighted by atomic mass is 32.2. The van der Waals surface area contributed by atoms with Crippen molar-refractivity contribution in [3.8, 4) is 11.1 Å². The van der Waals surface area contributed by atoms with Crippen LogP contribution in [0.2, 0.25) is 0 Å². The molecule has 3 N–H and O–H groups in total. The molecule has 0 aliphatic carbocycles. The van der Waals surface area contributed by atoms with Crippen LogP contribution in [0.15, 0.2) is 53.4 Å². The first-order chi connectivity index (χ1) is 17.8. The third-order valence-electron chi connectivity index (χ3n) is 6.94. The molecule has 2 fully saturated rings. The number of ether oxygens (including phenoxy) is 1. The van der Waals surface area contributed by atoms with E-state index < -0.39 is 21.5 Å². The van der Waals surface area contributed by atoms with E-state index in [4.69, 9.17) is 4.74 Å². The van der Waals surface area contributed by atoms with Crippen molar-refractivity contribution in [3.63, 3.8) is 0 Å². The zero-order valence-electron chi connectivity index (χ0n) is 20.4. The van der Waals surface area contributed by atoms with Crippen molar-refractivity contribution in [2.45, 2.75) is 29.7 Å². The fourth-order valence-electron chi connectivity index (χ4n) is 4.83. The van der Waals surface area contributed by atoms with Gasteiger partial charge in [-0.2, -0.15) is 4.31 Å². The monoisotopic (exact) mass is 534 g/mol. The van der Waals surface area contributed by atoms with E-state index in [1.54, 1.807) is 34.6 Å². The third kappa shape index (κ3) is 5.83. The van der Waals surface area contributed by atoms with Gasteiger partial charge in [0.25, 0.3) is 5.91 Å². The number of halogens is 1. The molecule has 4 rings (SSSR count). The van der Waals surface area contributed by atoms with E-state index >= 15 is 0 Å². The zero-order valence-corrected chi connectivity index (χ0v) is 21.2. The Hall–Kier alpha value is -2.90. The second-order valence-corrected chi connectivity index (χ2v) is 10.9. The first-order valence-corrected chi connectivity index (χ1v) is 13.6. The standard InChI is InChI=1S/C25H31FN4O6S/c26-21-5-1-19(2-6-21)20-3-7-22(8-4-20)37(34,35)30(14-9-23(31)29-15-12-27-13-16-29)25(24(32)28-33)10-17-36-18-11-25/h1-8,27,33H,9-18H2,(H,28,32). The molecule has 37 heavy (non-hydrogen) atoms. The van der Waals surface area contributed by atoms with Crippen LogP contribution in [0.5, 0.6) is 0 Å². The normalized spacial score (nSPS) is 18.0. The molecule has 2 saturated heterocycles. The van der Waals surface area contributed by atoms with Crippen LogP contribution in [0, 0.1) is 5.82 Å². The summed E-state index contributed by atoms with van der Waals surface area (Å²) in [6.07, 6.45) is -0.0730. The minimum Gasteiger partial charge on any atom is -0.381 e. The van der Waals surface area contributed by atoms with Crippen LogP contribution in [-0.2, 0) is 24.3 Å². The number of hydrogen-bond donors (Lipinski definition) is 3. The second-order valence-electron chi connectivity index (χ2n) is 9.07. The number of hydroxylamine groups is 1. The number of benzene rings is 2. The van der Waals surface area contributed by atoms with E-state index in [1.807, 2.05) is 0 Å². The molecule has 0 aromatic heterocycles. The first-order valence-electron chi connectivity index (χ1n) is 12.2. The van der Waals surface area contributed by atoms with Gasteiger partial charge in [-0.15, -0.1) is 0 Å². The average Bonchev–Trinajstić information content (AvgIpc) is 2.94. The van der Waals surface area contributed by atoms with Gasteiger partial charge in [-0.1, -0.05) is 24.3 Å². The van der Waals surface area contributed by atoms with Crippen molar-refractivity contribution in [2.24, 2.45) is 0 Å². The summed E-state index contributed by atoms with van der Waals surface area (Å²) in [5.41, 5.74) is 1.41. The lowest BCUT2D eigenvalue weighted by Gasteiger charge is -2.43. The van der Waals surface area contributed by atoms with Crippen molar-refractivity contribution in [1.82, 2.24) is 20.0 Å². The minimum absolute atomic E-state index is 0.0219. The second kappa shape index (κ2) is 11.7. The smallest absolute Gasteiger partial charge is 0.265 e. The van der Waals surface area contributed by atoms with Gasteiger partial charge in [0, 0.05) is 52.4 Å². The summed E-state index contributed by atoms with van der Waals surface area (Å²) < 4.78 is 47.7. The van der Waals surface area contributed by atoms with Crippen LogP contribution in [0.25, 0.3) is 11.1 Å². The predicted octanol–water partition coefficient (Wildman–Crippen LogP) is 1.36. The number of carbonyl (C=O) groups is 2. The van der Waals surface area contributed by atoms with Crippen molar-refractivity contribution < 1.29 is 32.3 Å². The molecule has 2 aromatic carbocycles. The van der Waals surface area contributed by atoms with Crippen LogP contribution in [0.3, 0.4) is 0 Å². The number of carbonyl (C=O) groups excluding carboxylic acids is 2. The third-order valence-corrected chi connectivity index (χ3v) is 8.92. The number of hydrogen-bond acceptors (Lipinski definition) is 7. The SMILES string of the molecule is O=C(CCN(C1(C(=O)NO)CCOCC1)S(=O)(=O)c1ccc(-c2ccc(F)cc2)cc1)N1CCNCC1. The summed E-state index contributed by atoms with van der Waals surface area (Å²) in [5, 5.41) is 12.7. The molecule has 0 radical (unpaired) electrons. The Morgan fingerprint density at radius 3 is 2.16 bits per heavy atom. The fourth-order valence-corrected chi connectivity index (χ4v) is 6.62. The summed E-state index contributed by atoms with van der Waals surface area (Å²) in [6, 6.07) is 11.9. The molecule has 0 atom stereocenters. The van der Waals surface area contributed by atoms with E-state index in [1.165, 1.54) is 24.3 Å². The minimum atomic E-state index is -4.28. The molecular formula is C25H31FN4O6S. The summed E-state index contributed by atoms with van der Waals surface area (Å²) in [4.78, 5) is 27.5. The zero-order chi connectivity index (χ0) is 26.5. The van der Waals surface area contributed by atoms with Gasteiger partial charge in [-0.25, -0.2) is 18.3 Å². The number of sulfonamides is 1. The maximum Gasteiger partial charge on any atom is 0.265 e. The topological polar surface area (TPSA) is 128 Å². The maximum atomic E-state index is 14.0. The van der Waals surface area contributed by atoms with Crippen molar-refractivity contribution in [3.05, 3.63) is 54.3 Å². The lowest BCUT2D eigenvalue weighted by atomic mass is 9.89. The lowest BCUT2D eigenvalue weighted by molar-refractivity contribution is -0.145. The highest BCUT2D eigenvalue weighted by Gasteiger charge is 2.51.